The molecule has 0 fully saturated rings. The molecular weight excluding hydrogens is 212 g/mol. The van der Waals surface area contributed by atoms with Crippen LogP contribution in [0, 0.1) is 25.2 Å². The average molecular weight is 224 g/mol. The topological polar surface area (TPSA) is 45.9 Å². The maximum absolute atomic E-state index is 8.79. The van der Waals surface area contributed by atoms with E-state index in [4.69, 9.17) is 10.00 Å². The van der Waals surface area contributed by atoms with E-state index in [1.807, 2.05) is 32.0 Å². The predicted octanol–water partition coefficient (Wildman–Crippen LogP) is 3.36. The molecule has 0 amide bonds. The molecule has 84 valence electrons. The van der Waals surface area contributed by atoms with E-state index in [9.17, 15) is 0 Å². The molecule has 0 saturated carbocycles. The molecule has 0 saturated heterocycles. The van der Waals surface area contributed by atoms with Crippen molar-refractivity contribution in [1.82, 2.24) is 4.98 Å². The van der Waals surface area contributed by atoms with Crippen LogP contribution in [0.3, 0.4) is 0 Å². The number of hydrogen-bond donors (Lipinski definition) is 0. The van der Waals surface area contributed by atoms with Crippen LogP contribution in [0.5, 0.6) is 11.6 Å². The van der Waals surface area contributed by atoms with Crippen molar-refractivity contribution in [3.63, 3.8) is 0 Å². The molecule has 0 radical (unpaired) electrons. The van der Waals surface area contributed by atoms with Crippen molar-refractivity contribution in [2.45, 2.75) is 13.8 Å². The SMILES string of the molecule is Cc1ccc(Oc2cc(C#N)ccn2)c(C)c1. The quantitative estimate of drug-likeness (QED) is 0.785. The van der Waals surface area contributed by atoms with Crippen LogP contribution < -0.4 is 4.74 Å². The van der Waals surface area contributed by atoms with Crippen molar-refractivity contribution in [3.05, 3.63) is 53.2 Å². The summed E-state index contributed by atoms with van der Waals surface area (Å²) in [6, 6.07) is 11.3. The Balaban J connectivity index is 2.28. The number of nitriles is 1. The van der Waals surface area contributed by atoms with Crippen molar-refractivity contribution < 1.29 is 4.74 Å². The fraction of sp³-hybridized carbons (Fsp3) is 0.143. The fourth-order valence-electron chi connectivity index (χ4n) is 1.56. The van der Waals surface area contributed by atoms with Gasteiger partial charge in [-0.15, -0.1) is 0 Å². The summed E-state index contributed by atoms with van der Waals surface area (Å²) < 4.78 is 5.64. The highest BCUT2D eigenvalue weighted by molar-refractivity contribution is 5.39. The first-order valence-corrected chi connectivity index (χ1v) is 5.30. The lowest BCUT2D eigenvalue weighted by Gasteiger charge is -2.08. The molecule has 0 aliphatic carbocycles. The first kappa shape index (κ1) is 11.2. The van der Waals surface area contributed by atoms with Gasteiger partial charge in [-0.1, -0.05) is 17.7 Å². The first-order chi connectivity index (χ1) is 8.19. The Bertz CT molecular complexity index is 585. The van der Waals surface area contributed by atoms with Crippen molar-refractivity contribution in [2.24, 2.45) is 0 Å². The number of pyridine rings is 1. The molecule has 0 aliphatic heterocycles. The van der Waals surface area contributed by atoms with Crippen LogP contribution in [-0.2, 0) is 0 Å². The zero-order valence-electron chi connectivity index (χ0n) is 9.77. The van der Waals surface area contributed by atoms with Crippen LogP contribution in [0.25, 0.3) is 0 Å². The third-order valence-corrected chi connectivity index (χ3v) is 2.41. The summed E-state index contributed by atoms with van der Waals surface area (Å²) in [7, 11) is 0. The van der Waals surface area contributed by atoms with E-state index in [0.29, 0.717) is 11.4 Å². The van der Waals surface area contributed by atoms with E-state index >= 15 is 0 Å². The van der Waals surface area contributed by atoms with Crippen LogP contribution >= 0.6 is 0 Å². The second kappa shape index (κ2) is 4.67. The van der Waals surface area contributed by atoms with Gasteiger partial charge in [0.25, 0.3) is 0 Å². The van der Waals surface area contributed by atoms with Gasteiger partial charge in [0, 0.05) is 12.3 Å². The van der Waals surface area contributed by atoms with Gasteiger partial charge in [-0.2, -0.15) is 5.26 Å². The molecule has 2 aromatic rings. The highest BCUT2D eigenvalue weighted by Crippen LogP contribution is 2.24. The van der Waals surface area contributed by atoms with Crippen molar-refractivity contribution in [3.8, 4) is 17.7 Å². The standard InChI is InChI=1S/C14H12N2O/c1-10-3-4-13(11(2)7-10)17-14-8-12(9-15)5-6-16-14/h3-8H,1-2H3. The van der Waals surface area contributed by atoms with Gasteiger partial charge in [0.15, 0.2) is 0 Å². The van der Waals surface area contributed by atoms with E-state index < -0.39 is 0 Å². The largest absolute Gasteiger partial charge is 0.439 e. The molecule has 0 bridgehead atoms. The van der Waals surface area contributed by atoms with Crippen LogP contribution in [0.2, 0.25) is 0 Å². The van der Waals surface area contributed by atoms with Gasteiger partial charge in [-0.3, -0.25) is 0 Å². The lowest BCUT2D eigenvalue weighted by Crippen LogP contribution is -1.91. The number of aromatic nitrogens is 1. The van der Waals surface area contributed by atoms with E-state index in [1.54, 1.807) is 18.3 Å². The summed E-state index contributed by atoms with van der Waals surface area (Å²) in [5.41, 5.74) is 2.78. The molecule has 1 aromatic heterocycles. The minimum absolute atomic E-state index is 0.441. The number of rotatable bonds is 2. The van der Waals surface area contributed by atoms with E-state index in [1.165, 1.54) is 5.56 Å². The Morgan fingerprint density at radius 3 is 2.71 bits per heavy atom. The summed E-state index contributed by atoms with van der Waals surface area (Å²) in [6.45, 7) is 4.02. The predicted molar refractivity (Wildman–Crippen MR) is 64.9 cm³/mol. The number of aryl methyl sites for hydroxylation is 2. The van der Waals surface area contributed by atoms with Crippen molar-refractivity contribution >= 4 is 0 Å². The van der Waals surface area contributed by atoms with Crippen LogP contribution in [0.1, 0.15) is 16.7 Å². The lowest BCUT2D eigenvalue weighted by atomic mass is 10.1. The van der Waals surface area contributed by atoms with Gasteiger partial charge in [-0.05, 0) is 31.5 Å². The maximum atomic E-state index is 8.79. The zero-order chi connectivity index (χ0) is 12.3. The minimum Gasteiger partial charge on any atom is -0.439 e. The maximum Gasteiger partial charge on any atom is 0.220 e. The van der Waals surface area contributed by atoms with Gasteiger partial charge >= 0.3 is 0 Å². The van der Waals surface area contributed by atoms with E-state index in [-0.39, 0.29) is 0 Å². The minimum atomic E-state index is 0.441. The molecular formula is C14H12N2O. The monoisotopic (exact) mass is 224 g/mol. The van der Waals surface area contributed by atoms with Gasteiger partial charge in [0.2, 0.25) is 5.88 Å². The normalized spacial score (nSPS) is 9.71. The summed E-state index contributed by atoms with van der Waals surface area (Å²) in [5.74, 6) is 1.20. The van der Waals surface area contributed by atoms with Crippen molar-refractivity contribution in [2.75, 3.05) is 0 Å². The molecule has 0 atom stereocenters. The van der Waals surface area contributed by atoms with Gasteiger partial charge in [-0.25, -0.2) is 4.98 Å². The molecule has 3 nitrogen and oxygen atoms in total. The third kappa shape index (κ3) is 2.61. The van der Waals surface area contributed by atoms with Gasteiger partial charge in [0.05, 0.1) is 11.6 Å². The number of nitrogens with zero attached hydrogens (tertiary/aromatic N) is 2. The van der Waals surface area contributed by atoms with Gasteiger partial charge < -0.3 is 4.74 Å². The zero-order valence-corrected chi connectivity index (χ0v) is 9.77. The molecule has 1 heterocycles. The Morgan fingerprint density at radius 2 is 2.00 bits per heavy atom. The Kier molecular flexibility index (Phi) is 3.06. The highest BCUT2D eigenvalue weighted by Gasteiger charge is 2.03. The van der Waals surface area contributed by atoms with Gasteiger partial charge in [0.1, 0.15) is 5.75 Å². The molecule has 0 N–H and O–H groups in total. The van der Waals surface area contributed by atoms with E-state index in [0.717, 1.165) is 11.3 Å². The van der Waals surface area contributed by atoms with Crippen LogP contribution in [0.4, 0.5) is 0 Å². The summed E-state index contributed by atoms with van der Waals surface area (Å²) in [5, 5.41) is 8.79. The number of ether oxygens (including phenoxy) is 1. The summed E-state index contributed by atoms with van der Waals surface area (Å²) in [6.07, 6.45) is 1.57. The lowest BCUT2D eigenvalue weighted by molar-refractivity contribution is 0.459. The first-order valence-electron chi connectivity index (χ1n) is 5.30. The highest BCUT2D eigenvalue weighted by atomic mass is 16.5. The Labute approximate surface area is 100 Å². The third-order valence-electron chi connectivity index (χ3n) is 2.41. The summed E-state index contributed by atoms with van der Waals surface area (Å²) >= 11 is 0. The van der Waals surface area contributed by atoms with Crippen molar-refractivity contribution in [1.29, 1.82) is 5.26 Å². The fourth-order valence-corrected chi connectivity index (χ4v) is 1.56. The van der Waals surface area contributed by atoms with Crippen LogP contribution in [0.15, 0.2) is 36.5 Å². The molecule has 0 spiro atoms. The molecule has 1 aromatic carbocycles. The molecule has 0 aliphatic rings. The molecule has 17 heavy (non-hydrogen) atoms. The second-order valence-corrected chi connectivity index (χ2v) is 3.87. The Morgan fingerprint density at radius 1 is 1.18 bits per heavy atom. The number of hydrogen-bond acceptors (Lipinski definition) is 3. The average Bonchev–Trinajstić information content (AvgIpc) is 2.33. The van der Waals surface area contributed by atoms with E-state index in [2.05, 4.69) is 11.1 Å². The van der Waals surface area contributed by atoms with Crippen LogP contribution in [-0.4, -0.2) is 4.98 Å². The molecule has 2 rings (SSSR count). The Hall–Kier alpha value is -2.34. The second-order valence-electron chi connectivity index (χ2n) is 3.87. The smallest absolute Gasteiger partial charge is 0.220 e. The summed E-state index contributed by atoms with van der Waals surface area (Å²) in [4.78, 5) is 4.07. The number of benzene rings is 1. The molecule has 3 heteroatoms. The molecule has 0 unspecified atom stereocenters.